The van der Waals surface area contributed by atoms with E-state index in [-0.39, 0.29) is 17.8 Å². The smallest absolute Gasteiger partial charge is 0.310 e. The van der Waals surface area contributed by atoms with E-state index in [1.807, 2.05) is 0 Å². The lowest BCUT2D eigenvalue weighted by Crippen LogP contribution is -2.56. The van der Waals surface area contributed by atoms with Crippen LogP contribution in [0, 0.1) is 29.6 Å². The maximum atomic E-state index is 12.3. The number of methoxy groups -OCH3 is 1. The minimum absolute atomic E-state index is 0.179. The van der Waals surface area contributed by atoms with E-state index in [4.69, 9.17) is 4.74 Å². The summed E-state index contributed by atoms with van der Waals surface area (Å²) in [5.41, 5.74) is 0. The Labute approximate surface area is 119 Å². The fourth-order valence-electron chi connectivity index (χ4n) is 5.75. The molecule has 110 valence electrons. The van der Waals surface area contributed by atoms with E-state index >= 15 is 0 Å². The lowest BCUT2D eigenvalue weighted by atomic mass is 9.54. The quantitative estimate of drug-likeness (QED) is 0.723. The molecule has 4 nitrogen and oxygen atoms in total. The summed E-state index contributed by atoms with van der Waals surface area (Å²) >= 11 is 0. The second-order valence-electron chi connectivity index (χ2n) is 7.39. The predicted molar refractivity (Wildman–Crippen MR) is 72.7 cm³/mol. The number of carbonyl (C=O) groups is 2. The third-order valence-electron chi connectivity index (χ3n) is 6.23. The van der Waals surface area contributed by atoms with Crippen molar-refractivity contribution in [3.8, 4) is 0 Å². The molecular weight excluding hydrogens is 254 g/mol. The molecular formula is C16H23NO3. The zero-order valence-electron chi connectivity index (χ0n) is 12.1. The summed E-state index contributed by atoms with van der Waals surface area (Å²) in [6.07, 6.45) is 7.03. The molecule has 4 saturated carbocycles. The zero-order chi connectivity index (χ0) is 13.9. The normalized spacial score (nSPS) is 46.0. The van der Waals surface area contributed by atoms with Crippen LogP contribution in [-0.4, -0.2) is 36.5 Å². The highest BCUT2D eigenvalue weighted by Crippen LogP contribution is 2.55. The van der Waals surface area contributed by atoms with Crippen LogP contribution in [-0.2, 0) is 14.3 Å². The summed E-state index contributed by atoms with van der Waals surface area (Å²) in [4.78, 5) is 26.1. The first-order chi connectivity index (χ1) is 9.65. The van der Waals surface area contributed by atoms with Crippen LogP contribution in [0.15, 0.2) is 0 Å². The maximum Gasteiger partial charge on any atom is 0.310 e. The third-order valence-corrected chi connectivity index (χ3v) is 6.23. The third kappa shape index (κ3) is 1.80. The van der Waals surface area contributed by atoms with E-state index in [9.17, 15) is 9.59 Å². The van der Waals surface area contributed by atoms with Crippen molar-refractivity contribution in [2.24, 2.45) is 29.6 Å². The molecule has 1 atom stereocenters. The summed E-state index contributed by atoms with van der Waals surface area (Å²) in [5.74, 6) is 2.97. The monoisotopic (exact) mass is 277 g/mol. The van der Waals surface area contributed by atoms with E-state index in [2.05, 4.69) is 4.90 Å². The van der Waals surface area contributed by atoms with Crippen molar-refractivity contribution in [3.63, 3.8) is 0 Å². The van der Waals surface area contributed by atoms with Gasteiger partial charge in [-0.25, -0.2) is 0 Å². The van der Waals surface area contributed by atoms with Crippen molar-refractivity contribution >= 4 is 11.9 Å². The standard InChI is InChI=1S/C16H23NO3/c1-20-16(19)13-7-14(18)17(8-13)15-11-3-9-2-10(5-11)6-12(15)4-9/h9-13,15H,2-8H2,1H3/t9?,10?,11?,12?,13-,15?/m1/s1. The van der Waals surface area contributed by atoms with Gasteiger partial charge in [0.1, 0.15) is 0 Å². The molecule has 0 aromatic heterocycles. The Morgan fingerprint density at radius 2 is 1.70 bits per heavy atom. The fraction of sp³-hybridized carbons (Fsp3) is 0.875. The lowest BCUT2D eigenvalue weighted by Gasteiger charge is -2.56. The number of likely N-dealkylation sites (tertiary alicyclic amines) is 1. The topological polar surface area (TPSA) is 46.6 Å². The molecule has 0 N–H and O–H groups in total. The van der Waals surface area contributed by atoms with Crippen LogP contribution < -0.4 is 0 Å². The molecule has 5 aliphatic rings. The van der Waals surface area contributed by atoms with Crippen LogP contribution in [0.2, 0.25) is 0 Å². The Morgan fingerprint density at radius 1 is 1.10 bits per heavy atom. The number of nitrogens with zero attached hydrogens (tertiary/aromatic N) is 1. The van der Waals surface area contributed by atoms with Gasteiger partial charge in [-0.1, -0.05) is 0 Å². The molecule has 0 radical (unpaired) electrons. The van der Waals surface area contributed by atoms with Crippen LogP contribution in [0.1, 0.15) is 38.5 Å². The van der Waals surface area contributed by atoms with Gasteiger partial charge in [0.15, 0.2) is 0 Å². The van der Waals surface area contributed by atoms with Gasteiger partial charge >= 0.3 is 5.97 Å². The van der Waals surface area contributed by atoms with E-state index in [0.717, 1.165) is 11.8 Å². The summed E-state index contributed by atoms with van der Waals surface area (Å²) in [5, 5.41) is 0. The van der Waals surface area contributed by atoms with E-state index in [1.54, 1.807) is 0 Å². The first-order valence-corrected chi connectivity index (χ1v) is 8.03. The molecule has 0 unspecified atom stereocenters. The number of carbonyl (C=O) groups excluding carboxylic acids is 2. The van der Waals surface area contributed by atoms with Gasteiger partial charge in [-0.05, 0) is 55.8 Å². The van der Waals surface area contributed by atoms with Crippen LogP contribution >= 0.6 is 0 Å². The first-order valence-electron chi connectivity index (χ1n) is 8.03. The molecule has 1 heterocycles. The Morgan fingerprint density at radius 3 is 2.25 bits per heavy atom. The van der Waals surface area contributed by atoms with Crippen LogP contribution in [0.4, 0.5) is 0 Å². The Kier molecular flexibility index (Phi) is 2.83. The van der Waals surface area contributed by atoms with Gasteiger partial charge in [0, 0.05) is 19.0 Å². The van der Waals surface area contributed by atoms with E-state index in [1.165, 1.54) is 39.2 Å². The summed E-state index contributed by atoms with van der Waals surface area (Å²) in [6, 6.07) is 0.421. The Hall–Kier alpha value is -1.06. The van der Waals surface area contributed by atoms with Crippen molar-refractivity contribution in [2.75, 3.05) is 13.7 Å². The SMILES string of the molecule is COC(=O)[C@@H]1CC(=O)N(C2C3CC4CC(C3)CC2C4)C1. The highest BCUT2D eigenvalue weighted by molar-refractivity contribution is 5.87. The zero-order valence-corrected chi connectivity index (χ0v) is 12.1. The highest BCUT2D eigenvalue weighted by atomic mass is 16.5. The number of rotatable bonds is 2. The van der Waals surface area contributed by atoms with Gasteiger partial charge in [0.25, 0.3) is 0 Å². The minimum Gasteiger partial charge on any atom is -0.469 e. The molecule has 1 saturated heterocycles. The number of ether oxygens (including phenoxy) is 1. The molecule has 4 aliphatic carbocycles. The predicted octanol–water partition coefficient (Wildman–Crippen LogP) is 1.83. The number of amides is 1. The molecule has 5 fully saturated rings. The first kappa shape index (κ1) is 12.7. The average molecular weight is 277 g/mol. The summed E-state index contributed by atoms with van der Waals surface area (Å²) in [7, 11) is 1.42. The van der Waals surface area contributed by atoms with Gasteiger partial charge < -0.3 is 9.64 Å². The van der Waals surface area contributed by atoms with Crippen LogP contribution in [0.3, 0.4) is 0 Å². The van der Waals surface area contributed by atoms with Crippen molar-refractivity contribution in [1.29, 1.82) is 0 Å². The van der Waals surface area contributed by atoms with Crippen molar-refractivity contribution in [2.45, 2.75) is 44.6 Å². The summed E-state index contributed by atoms with van der Waals surface area (Å²) in [6.45, 7) is 0.596. The molecule has 0 aromatic carbocycles. The number of esters is 1. The van der Waals surface area contributed by atoms with Crippen LogP contribution in [0.25, 0.3) is 0 Å². The average Bonchev–Trinajstić information content (AvgIpc) is 2.79. The molecule has 0 aromatic rings. The van der Waals surface area contributed by atoms with Gasteiger partial charge in [-0.15, -0.1) is 0 Å². The number of hydrogen-bond donors (Lipinski definition) is 0. The lowest BCUT2D eigenvalue weighted by molar-refractivity contribution is -0.145. The van der Waals surface area contributed by atoms with Crippen molar-refractivity contribution in [3.05, 3.63) is 0 Å². The molecule has 0 spiro atoms. The second-order valence-corrected chi connectivity index (χ2v) is 7.39. The molecule has 4 heteroatoms. The van der Waals surface area contributed by atoms with Crippen molar-refractivity contribution in [1.82, 2.24) is 4.90 Å². The van der Waals surface area contributed by atoms with Gasteiger partial charge in [-0.2, -0.15) is 0 Å². The molecule has 20 heavy (non-hydrogen) atoms. The Balaban J connectivity index is 1.53. The maximum absolute atomic E-state index is 12.3. The van der Waals surface area contributed by atoms with Gasteiger partial charge in [0.05, 0.1) is 13.0 Å². The number of hydrogen-bond acceptors (Lipinski definition) is 3. The van der Waals surface area contributed by atoms with Gasteiger partial charge in [-0.3, -0.25) is 9.59 Å². The largest absolute Gasteiger partial charge is 0.469 e. The van der Waals surface area contributed by atoms with Crippen LogP contribution in [0.5, 0.6) is 0 Å². The molecule has 1 amide bonds. The van der Waals surface area contributed by atoms with E-state index in [0.29, 0.717) is 30.8 Å². The minimum atomic E-state index is -0.232. The second kappa shape index (κ2) is 4.47. The van der Waals surface area contributed by atoms with Crippen molar-refractivity contribution < 1.29 is 14.3 Å². The summed E-state index contributed by atoms with van der Waals surface area (Å²) < 4.78 is 4.82. The van der Waals surface area contributed by atoms with Gasteiger partial charge in [0.2, 0.25) is 5.91 Å². The molecule has 5 rings (SSSR count). The molecule has 1 aliphatic heterocycles. The Bertz CT molecular complexity index is 419. The fourth-order valence-corrected chi connectivity index (χ4v) is 5.75. The highest BCUT2D eigenvalue weighted by Gasteiger charge is 2.52. The van der Waals surface area contributed by atoms with E-state index < -0.39 is 0 Å². The molecule has 4 bridgehead atoms.